The standard InChI is InChI=1S/C15H18N4O2/c20-15-5-2-6-16-19(15)9-11-7-18(8-11)10-13-12-3-1-4-14(12)21-17-13/h2,5-6,11H,1,3-4,7-10H2. The smallest absolute Gasteiger partial charge is 0.266 e. The quantitative estimate of drug-likeness (QED) is 0.834. The molecule has 0 unspecified atom stereocenters. The zero-order valence-electron chi connectivity index (χ0n) is 11.9. The highest BCUT2D eigenvalue weighted by atomic mass is 16.5. The minimum absolute atomic E-state index is 0.0229. The Hall–Kier alpha value is -1.95. The number of nitrogens with zero attached hydrogens (tertiary/aromatic N) is 4. The number of likely N-dealkylation sites (tertiary alicyclic amines) is 1. The van der Waals surface area contributed by atoms with Crippen LogP contribution in [0.4, 0.5) is 0 Å². The zero-order valence-corrected chi connectivity index (χ0v) is 11.9. The molecule has 0 spiro atoms. The number of rotatable bonds is 4. The fourth-order valence-electron chi connectivity index (χ4n) is 3.31. The largest absolute Gasteiger partial charge is 0.361 e. The van der Waals surface area contributed by atoms with Crippen LogP contribution >= 0.6 is 0 Å². The summed E-state index contributed by atoms with van der Waals surface area (Å²) in [6.45, 7) is 3.55. The second-order valence-corrected chi connectivity index (χ2v) is 5.99. The second-order valence-electron chi connectivity index (χ2n) is 5.99. The Kier molecular flexibility index (Phi) is 3.11. The lowest BCUT2D eigenvalue weighted by molar-refractivity contribution is 0.0740. The van der Waals surface area contributed by atoms with Crippen molar-refractivity contribution in [2.75, 3.05) is 13.1 Å². The van der Waals surface area contributed by atoms with E-state index in [1.165, 1.54) is 12.0 Å². The summed E-state index contributed by atoms with van der Waals surface area (Å²) in [4.78, 5) is 14.0. The Morgan fingerprint density at radius 3 is 3.10 bits per heavy atom. The normalized spacial score (nSPS) is 18.7. The monoisotopic (exact) mass is 286 g/mol. The van der Waals surface area contributed by atoms with Crippen molar-refractivity contribution in [2.24, 2.45) is 5.92 Å². The van der Waals surface area contributed by atoms with Crippen molar-refractivity contribution in [2.45, 2.75) is 32.4 Å². The van der Waals surface area contributed by atoms with Gasteiger partial charge < -0.3 is 4.52 Å². The molecule has 21 heavy (non-hydrogen) atoms. The third-order valence-electron chi connectivity index (χ3n) is 4.40. The molecule has 0 N–H and O–H groups in total. The molecule has 2 aromatic heterocycles. The minimum atomic E-state index is -0.0229. The van der Waals surface area contributed by atoms with Crippen LogP contribution in [0.1, 0.15) is 23.4 Å². The molecule has 2 aliphatic rings. The summed E-state index contributed by atoms with van der Waals surface area (Å²) in [5, 5.41) is 8.30. The van der Waals surface area contributed by atoms with Crippen LogP contribution in [-0.4, -0.2) is 32.9 Å². The van der Waals surface area contributed by atoms with E-state index in [9.17, 15) is 4.79 Å². The molecule has 0 saturated carbocycles. The van der Waals surface area contributed by atoms with Crippen LogP contribution in [0.15, 0.2) is 27.6 Å². The van der Waals surface area contributed by atoms with Gasteiger partial charge in [-0.15, -0.1) is 0 Å². The molecule has 0 radical (unpaired) electrons. The predicted octanol–water partition coefficient (Wildman–Crippen LogP) is 0.852. The molecule has 4 rings (SSSR count). The van der Waals surface area contributed by atoms with E-state index in [1.807, 2.05) is 0 Å². The number of aromatic nitrogens is 3. The molecule has 1 fully saturated rings. The van der Waals surface area contributed by atoms with E-state index >= 15 is 0 Å². The summed E-state index contributed by atoms with van der Waals surface area (Å²) in [7, 11) is 0. The van der Waals surface area contributed by atoms with Gasteiger partial charge in [0.2, 0.25) is 0 Å². The lowest BCUT2D eigenvalue weighted by Gasteiger charge is -2.38. The van der Waals surface area contributed by atoms with Crippen LogP contribution in [-0.2, 0) is 25.9 Å². The van der Waals surface area contributed by atoms with E-state index in [2.05, 4.69) is 15.2 Å². The lowest BCUT2D eigenvalue weighted by Crippen LogP contribution is -2.49. The van der Waals surface area contributed by atoms with E-state index in [1.54, 1.807) is 23.0 Å². The molecule has 0 atom stereocenters. The van der Waals surface area contributed by atoms with Gasteiger partial charge in [-0.05, 0) is 18.9 Å². The summed E-state index contributed by atoms with van der Waals surface area (Å²) in [6.07, 6.45) is 4.99. The molecule has 110 valence electrons. The van der Waals surface area contributed by atoms with Crippen molar-refractivity contribution < 1.29 is 4.52 Å². The molecule has 1 saturated heterocycles. The summed E-state index contributed by atoms with van der Waals surface area (Å²) in [6, 6.07) is 3.24. The zero-order chi connectivity index (χ0) is 14.2. The van der Waals surface area contributed by atoms with E-state index in [-0.39, 0.29) is 5.56 Å². The minimum Gasteiger partial charge on any atom is -0.361 e. The molecule has 0 amide bonds. The molecule has 2 aromatic rings. The van der Waals surface area contributed by atoms with Gasteiger partial charge in [0.1, 0.15) is 11.5 Å². The summed E-state index contributed by atoms with van der Waals surface area (Å²) < 4.78 is 6.93. The number of hydrogen-bond acceptors (Lipinski definition) is 5. The van der Waals surface area contributed by atoms with Gasteiger partial charge in [0, 0.05) is 49.8 Å². The second kappa shape index (κ2) is 5.11. The van der Waals surface area contributed by atoms with E-state index < -0.39 is 0 Å². The Morgan fingerprint density at radius 1 is 1.33 bits per heavy atom. The number of fused-ring (bicyclic) bond motifs is 1. The molecule has 1 aliphatic carbocycles. The van der Waals surface area contributed by atoms with Crippen LogP contribution < -0.4 is 5.56 Å². The van der Waals surface area contributed by atoms with Crippen LogP contribution in [0.5, 0.6) is 0 Å². The summed E-state index contributed by atoms with van der Waals surface area (Å²) >= 11 is 0. The highest BCUT2D eigenvalue weighted by molar-refractivity contribution is 5.27. The fourth-order valence-corrected chi connectivity index (χ4v) is 3.31. The number of aryl methyl sites for hydroxylation is 1. The SMILES string of the molecule is O=c1cccnn1CC1CN(Cc2noc3c2CCC3)C1. The van der Waals surface area contributed by atoms with E-state index in [0.717, 1.165) is 43.9 Å². The third-order valence-corrected chi connectivity index (χ3v) is 4.40. The molecular formula is C15H18N4O2. The van der Waals surface area contributed by atoms with Crippen LogP contribution in [0.3, 0.4) is 0 Å². The lowest BCUT2D eigenvalue weighted by atomic mass is 9.99. The Balaban J connectivity index is 1.33. The maximum absolute atomic E-state index is 11.6. The predicted molar refractivity (Wildman–Crippen MR) is 75.8 cm³/mol. The van der Waals surface area contributed by atoms with Crippen molar-refractivity contribution in [1.29, 1.82) is 0 Å². The first-order valence-corrected chi connectivity index (χ1v) is 7.50. The van der Waals surface area contributed by atoms with Crippen molar-refractivity contribution in [1.82, 2.24) is 19.8 Å². The van der Waals surface area contributed by atoms with Crippen molar-refractivity contribution in [3.05, 3.63) is 45.7 Å². The van der Waals surface area contributed by atoms with Crippen molar-refractivity contribution >= 4 is 0 Å². The van der Waals surface area contributed by atoms with Crippen LogP contribution in [0, 0.1) is 5.92 Å². The first-order chi connectivity index (χ1) is 10.3. The third kappa shape index (κ3) is 2.40. The highest BCUT2D eigenvalue weighted by Gasteiger charge is 2.30. The van der Waals surface area contributed by atoms with Gasteiger partial charge in [-0.3, -0.25) is 9.69 Å². The fraction of sp³-hybridized carbons (Fsp3) is 0.533. The van der Waals surface area contributed by atoms with E-state index in [0.29, 0.717) is 12.5 Å². The van der Waals surface area contributed by atoms with Crippen molar-refractivity contribution in [3.63, 3.8) is 0 Å². The molecule has 3 heterocycles. The first kappa shape index (κ1) is 12.8. The first-order valence-electron chi connectivity index (χ1n) is 7.50. The average Bonchev–Trinajstić information content (AvgIpc) is 3.03. The molecular weight excluding hydrogens is 268 g/mol. The van der Waals surface area contributed by atoms with E-state index in [4.69, 9.17) is 4.52 Å². The molecule has 6 heteroatoms. The van der Waals surface area contributed by atoms with Gasteiger partial charge in [0.05, 0.1) is 6.54 Å². The molecule has 1 aliphatic heterocycles. The van der Waals surface area contributed by atoms with Gasteiger partial charge in [-0.25, -0.2) is 4.68 Å². The van der Waals surface area contributed by atoms with Gasteiger partial charge in [-0.1, -0.05) is 5.16 Å². The van der Waals surface area contributed by atoms with Crippen LogP contribution in [0.25, 0.3) is 0 Å². The van der Waals surface area contributed by atoms with Gasteiger partial charge in [-0.2, -0.15) is 5.10 Å². The van der Waals surface area contributed by atoms with Gasteiger partial charge in [0.15, 0.2) is 0 Å². The van der Waals surface area contributed by atoms with Gasteiger partial charge >= 0.3 is 0 Å². The molecule has 0 aromatic carbocycles. The maximum atomic E-state index is 11.6. The topological polar surface area (TPSA) is 64.2 Å². The molecule has 6 nitrogen and oxygen atoms in total. The number of hydrogen-bond donors (Lipinski definition) is 0. The Morgan fingerprint density at radius 2 is 2.24 bits per heavy atom. The highest BCUT2D eigenvalue weighted by Crippen LogP contribution is 2.27. The van der Waals surface area contributed by atoms with Gasteiger partial charge in [0.25, 0.3) is 5.56 Å². The Bertz CT molecular complexity index is 700. The summed E-state index contributed by atoms with van der Waals surface area (Å²) in [5.74, 6) is 1.58. The average molecular weight is 286 g/mol. The Labute approximate surface area is 122 Å². The maximum Gasteiger partial charge on any atom is 0.266 e. The van der Waals surface area contributed by atoms with Crippen molar-refractivity contribution in [3.8, 4) is 0 Å². The molecule has 0 bridgehead atoms. The summed E-state index contributed by atoms with van der Waals surface area (Å²) in [5.41, 5.74) is 2.42. The van der Waals surface area contributed by atoms with Crippen LogP contribution in [0.2, 0.25) is 0 Å².